The van der Waals surface area contributed by atoms with Gasteiger partial charge in [0.2, 0.25) is 11.8 Å². The SMILES string of the molecule is COc1cccc([C@@H]2[C@H](C(=O)Nc3ccn[nH]3)CC(=O)N2C2CC2)c1. The number of hydrogen-bond donors (Lipinski definition) is 2. The molecule has 2 atom stereocenters. The normalized spacial score (nSPS) is 22.9. The van der Waals surface area contributed by atoms with Crippen molar-refractivity contribution < 1.29 is 14.3 Å². The molecule has 0 radical (unpaired) electrons. The van der Waals surface area contributed by atoms with Crippen LogP contribution in [-0.2, 0) is 9.59 Å². The number of ether oxygens (including phenoxy) is 1. The van der Waals surface area contributed by atoms with Gasteiger partial charge in [-0.15, -0.1) is 0 Å². The van der Waals surface area contributed by atoms with Crippen molar-refractivity contribution in [1.29, 1.82) is 0 Å². The second-order valence-corrected chi connectivity index (χ2v) is 6.52. The molecular weight excluding hydrogens is 320 g/mol. The molecule has 2 aliphatic rings. The minimum atomic E-state index is -0.441. The summed E-state index contributed by atoms with van der Waals surface area (Å²) in [5.74, 6) is 0.684. The molecule has 4 rings (SSSR count). The van der Waals surface area contributed by atoms with Crippen LogP contribution >= 0.6 is 0 Å². The molecule has 7 nitrogen and oxygen atoms in total. The second-order valence-electron chi connectivity index (χ2n) is 6.52. The molecular formula is C18H20N4O3. The number of likely N-dealkylation sites (tertiary alicyclic amines) is 1. The number of benzene rings is 1. The van der Waals surface area contributed by atoms with Gasteiger partial charge in [0, 0.05) is 18.5 Å². The van der Waals surface area contributed by atoms with Gasteiger partial charge < -0.3 is 15.0 Å². The Bertz CT molecular complexity index is 785. The van der Waals surface area contributed by atoms with Crippen LogP contribution < -0.4 is 10.1 Å². The number of nitrogens with zero attached hydrogens (tertiary/aromatic N) is 2. The van der Waals surface area contributed by atoms with Gasteiger partial charge in [0.05, 0.1) is 25.3 Å². The number of carbonyl (C=O) groups excluding carboxylic acids is 2. The van der Waals surface area contributed by atoms with Gasteiger partial charge in [-0.05, 0) is 30.5 Å². The van der Waals surface area contributed by atoms with Gasteiger partial charge in [-0.25, -0.2) is 0 Å². The number of aromatic amines is 1. The standard InChI is InChI=1S/C18H20N4O3/c1-25-13-4-2-3-11(9-13)17-14(10-16(23)22(17)12-5-6-12)18(24)20-15-7-8-19-21-15/h2-4,7-9,12,14,17H,5-6,10H2,1H3,(H2,19,20,21,24)/t14-,17-/m1/s1. The minimum absolute atomic E-state index is 0.0417. The summed E-state index contributed by atoms with van der Waals surface area (Å²) in [5.41, 5.74) is 0.932. The van der Waals surface area contributed by atoms with Crippen molar-refractivity contribution in [1.82, 2.24) is 15.1 Å². The van der Waals surface area contributed by atoms with Crippen LogP contribution in [-0.4, -0.2) is 40.1 Å². The van der Waals surface area contributed by atoms with E-state index in [-0.39, 0.29) is 30.3 Å². The lowest BCUT2D eigenvalue weighted by Crippen LogP contribution is -2.34. The van der Waals surface area contributed by atoms with E-state index in [2.05, 4.69) is 15.5 Å². The molecule has 2 amide bonds. The first kappa shape index (κ1) is 15.7. The van der Waals surface area contributed by atoms with Gasteiger partial charge in [0.25, 0.3) is 0 Å². The van der Waals surface area contributed by atoms with Gasteiger partial charge in [-0.2, -0.15) is 5.10 Å². The predicted octanol–water partition coefficient (Wildman–Crippen LogP) is 2.11. The third-order valence-corrected chi connectivity index (χ3v) is 4.83. The molecule has 7 heteroatoms. The minimum Gasteiger partial charge on any atom is -0.497 e. The number of nitrogens with one attached hydrogen (secondary N) is 2. The Morgan fingerprint density at radius 2 is 2.20 bits per heavy atom. The van der Waals surface area contributed by atoms with E-state index in [0.717, 1.165) is 24.2 Å². The molecule has 2 fully saturated rings. The van der Waals surface area contributed by atoms with Crippen molar-refractivity contribution in [2.24, 2.45) is 5.92 Å². The lowest BCUT2D eigenvalue weighted by atomic mass is 9.92. The molecule has 1 aliphatic carbocycles. The molecule has 0 bridgehead atoms. The number of aromatic nitrogens is 2. The number of H-pyrrole nitrogens is 1. The first-order valence-corrected chi connectivity index (χ1v) is 8.42. The van der Waals surface area contributed by atoms with Crippen LogP contribution in [0.5, 0.6) is 5.75 Å². The smallest absolute Gasteiger partial charge is 0.231 e. The fourth-order valence-electron chi connectivity index (χ4n) is 3.54. The topological polar surface area (TPSA) is 87.3 Å². The Hall–Kier alpha value is -2.83. The van der Waals surface area contributed by atoms with Crippen LogP contribution in [0.15, 0.2) is 36.5 Å². The molecule has 0 unspecified atom stereocenters. The number of amides is 2. The summed E-state index contributed by atoms with van der Waals surface area (Å²) in [4.78, 5) is 27.3. The van der Waals surface area contributed by atoms with E-state index >= 15 is 0 Å². The average molecular weight is 340 g/mol. The molecule has 1 saturated carbocycles. The van der Waals surface area contributed by atoms with Gasteiger partial charge in [0.15, 0.2) is 0 Å². The fraction of sp³-hybridized carbons (Fsp3) is 0.389. The molecule has 2 aromatic rings. The number of anilines is 1. The summed E-state index contributed by atoms with van der Waals surface area (Å²) in [5, 5.41) is 9.38. The van der Waals surface area contributed by atoms with Crippen LogP contribution in [0, 0.1) is 5.92 Å². The largest absolute Gasteiger partial charge is 0.497 e. The Morgan fingerprint density at radius 3 is 2.88 bits per heavy atom. The zero-order valence-corrected chi connectivity index (χ0v) is 13.9. The maximum Gasteiger partial charge on any atom is 0.231 e. The Morgan fingerprint density at radius 1 is 1.36 bits per heavy atom. The van der Waals surface area contributed by atoms with Gasteiger partial charge >= 0.3 is 0 Å². The highest BCUT2D eigenvalue weighted by atomic mass is 16.5. The van der Waals surface area contributed by atoms with Crippen LogP contribution in [0.4, 0.5) is 5.82 Å². The molecule has 1 aromatic carbocycles. The summed E-state index contributed by atoms with van der Waals surface area (Å²) in [6.07, 6.45) is 3.80. The quantitative estimate of drug-likeness (QED) is 0.873. The van der Waals surface area contributed by atoms with E-state index in [1.54, 1.807) is 19.4 Å². The molecule has 1 saturated heterocycles. The summed E-state index contributed by atoms with van der Waals surface area (Å²) in [6.45, 7) is 0. The maximum atomic E-state index is 12.8. The lowest BCUT2D eigenvalue weighted by Gasteiger charge is -2.28. The first-order valence-electron chi connectivity index (χ1n) is 8.42. The van der Waals surface area contributed by atoms with Crippen LogP contribution in [0.25, 0.3) is 0 Å². The molecule has 2 heterocycles. The third-order valence-electron chi connectivity index (χ3n) is 4.83. The monoisotopic (exact) mass is 340 g/mol. The lowest BCUT2D eigenvalue weighted by molar-refractivity contribution is -0.129. The van der Waals surface area contributed by atoms with E-state index in [4.69, 9.17) is 4.74 Å². The van der Waals surface area contributed by atoms with E-state index in [1.807, 2.05) is 29.2 Å². The number of carbonyl (C=O) groups is 2. The van der Waals surface area contributed by atoms with Crippen LogP contribution in [0.3, 0.4) is 0 Å². The molecule has 1 aliphatic heterocycles. The highest BCUT2D eigenvalue weighted by Gasteiger charge is 2.49. The van der Waals surface area contributed by atoms with Gasteiger partial charge in [0.1, 0.15) is 11.6 Å². The van der Waals surface area contributed by atoms with Gasteiger partial charge in [-0.1, -0.05) is 12.1 Å². The van der Waals surface area contributed by atoms with E-state index in [9.17, 15) is 9.59 Å². The van der Waals surface area contributed by atoms with E-state index < -0.39 is 5.92 Å². The molecule has 1 aromatic heterocycles. The molecule has 130 valence electrons. The molecule has 25 heavy (non-hydrogen) atoms. The zero-order chi connectivity index (χ0) is 17.4. The van der Waals surface area contributed by atoms with Crippen molar-refractivity contribution in [3.8, 4) is 5.75 Å². The number of methoxy groups -OCH3 is 1. The maximum absolute atomic E-state index is 12.8. The van der Waals surface area contributed by atoms with E-state index in [1.165, 1.54) is 0 Å². The van der Waals surface area contributed by atoms with Crippen molar-refractivity contribution >= 4 is 17.6 Å². The summed E-state index contributed by atoms with van der Waals surface area (Å²) < 4.78 is 5.32. The van der Waals surface area contributed by atoms with E-state index in [0.29, 0.717) is 5.82 Å². The van der Waals surface area contributed by atoms with Crippen molar-refractivity contribution in [2.75, 3.05) is 12.4 Å². The van der Waals surface area contributed by atoms with Crippen LogP contribution in [0.2, 0.25) is 0 Å². The van der Waals surface area contributed by atoms with Crippen molar-refractivity contribution in [2.45, 2.75) is 31.3 Å². The number of hydrogen-bond acceptors (Lipinski definition) is 4. The third kappa shape index (κ3) is 2.97. The van der Waals surface area contributed by atoms with Crippen LogP contribution in [0.1, 0.15) is 30.9 Å². The number of rotatable bonds is 5. The molecule has 0 spiro atoms. The Kier molecular flexibility index (Phi) is 3.91. The molecule has 2 N–H and O–H groups in total. The average Bonchev–Trinajstić information content (AvgIpc) is 3.21. The summed E-state index contributed by atoms with van der Waals surface area (Å²) in [6, 6.07) is 9.29. The Labute approximate surface area is 145 Å². The second kappa shape index (κ2) is 6.23. The Balaban J connectivity index is 1.66. The van der Waals surface area contributed by atoms with Gasteiger partial charge in [-0.3, -0.25) is 14.7 Å². The first-order chi connectivity index (χ1) is 12.2. The summed E-state index contributed by atoms with van der Waals surface area (Å²) in [7, 11) is 1.61. The highest BCUT2D eigenvalue weighted by molar-refractivity contribution is 5.97. The summed E-state index contributed by atoms with van der Waals surface area (Å²) >= 11 is 0. The fourth-order valence-corrected chi connectivity index (χ4v) is 3.54. The highest BCUT2D eigenvalue weighted by Crippen LogP contribution is 2.45. The van der Waals surface area contributed by atoms with Crippen molar-refractivity contribution in [3.63, 3.8) is 0 Å². The zero-order valence-electron chi connectivity index (χ0n) is 13.9. The van der Waals surface area contributed by atoms with Crippen molar-refractivity contribution in [3.05, 3.63) is 42.1 Å². The predicted molar refractivity (Wildman–Crippen MR) is 90.9 cm³/mol.